The van der Waals surface area contributed by atoms with E-state index in [-0.39, 0.29) is 17.3 Å². The molecule has 35 heavy (non-hydrogen) atoms. The molecular formula is C27H31N3O4S. The summed E-state index contributed by atoms with van der Waals surface area (Å²) in [6.45, 7) is 3.51. The van der Waals surface area contributed by atoms with Crippen LogP contribution >= 0.6 is 0 Å². The van der Waals surface area contributed by atoms with Crippen molar-refractivity contribution < 1.29 is 18.0 Å². The van der Waals surface area contributed by atoms with Gasteiger partial charge in [-0.25, -0.2) is 8.42 Å². The first-order valence-electron chi connectivity index (χ1n) is 11.5. The van der Waals surface area contributed by atoms with Crippen LogP contribution < -0.4 is 9.62 Å². The molecule has 0 saturated carbocycles. The van der Waals surface area contributed by atoms with Crippen molar-refractivity contribution in [1.82, 2.24) is 10.2 Å². The molecule has 0 fully saturated rings. The molecule has 0 bridgehead atoms. The summed E-state index contributed by atoms with van der Waals surface area (Å²) in [5.41, 5.74) is 2.24. The fourth-order valence-electron chi connectivity index (χ4n) is 3.90. The lowest BCUT2D eigenvalue weighted by Crippen LogP contribution is -2.51. The van der Waals surface area contributed by atoms with E-state index in [1.807, 2.05) is 38.1 Å². The predicted molar refractivity (Wildman–Crippen MR) is 137 cm³/mol. The fourth-order valence-corrected chi connectivity index (χ4v) is 5.34. The van der Waals surface area contributed by atoms with Crippen molar-refractivity contribution in [3.05, 3.63) is 96.1 Å². The molecular weight excluding hydrogens is 462 g/mol. The summed E-state index contributed by atoms with van der Waals surface area (Å²) in [5, 5.41) is 2.63. The molecule has 0 heterocycles. The minimum atomic E-state index is -4.04. The second-order valence-corrected chi connectivity index (χ2v) is 10.0. The van der Waals surface area contributed by atoms with Gasteiger partial charge in [0.1, 0.15) is 12.6 Å². The number of benzene rings is 3. The first-order valence-corrected chi connectivity index (χ1v) is 12.9. The molecule has 8 heteroatoms. The number of sulfonamides is 1. The van der Waals surface area contributed by atoms with Crippen molar-refractivity contribution in [3.63, 3.8) is 0 Å². The highest BCUT2D eigenvalue weighted by molar-refractivity contribution is 7.92. The molecule has 3 aromatic carbocycles. The lowest BCUT2D eigenvalue weighted by atomic mass is 10.1. The van der Waals surface area contributed by atoms with Gasteiger partial charge in [0.05, 0.1) is 10.6 Å². The number of aryl methyl sites for hydroxylation is 1. The Kier molecular flexibility index (Phi) is 8.65. The van der Waals surface area contributed by atoms with E-state index < -0.39 is 28.5 Å². The van der Waals surface area contributed by atoms with Gasteiger partial charge in [0.2, 0.25) is 11.8 Å². The van der Waals surface area contributed by atoms with Gasteiger partial charge in [0.25, 0.3) is 10.0 Å². The molecule has 0 aliphatic carbocycles. The maximum absolute atomic E-state index is 13.8. The van der Waals surface area contributed by atoms with Gasteiger partial charge in [-0.15, -0.1) is 0 Å². The summed E-state index contributed by atoms with van der Waals surface area (Å²) in [6.07, 6.45) is 0.383. The number of para-hydroxylation sites is 1. The van der Waals surface area contributed by atoms with Crippen molar-refractivity contribution in [2.45, 2.75) is 37.8 Å². The second-order valence-electron chi connectivity index (χ2n) is 8.15. The van der Waals surface area contributed by atoms with Crippen LogP contribution in [0.4, 0.5) is 5.69 Å². The van der Waals surface area contributed by atoms with E-state index in [9.17, 15) is 18.0 Å². The van der Waals surface area contributed by atoms with Crippen LogP contribution in [-0.4, -0.2) is 44.8 Å². The quantitative estimate of drug-likeness (QED) is 0.466. The largest absolute Gasteiger partial charge is 0.357 e. The van der Waals surface area contributed by atoms with Crippen LogP contribution in [0, 0.1) is 6.92 Å². The number of anilines is 1. The summed E-state index contributed by atoms with van der Waals surface area (Å²) in [5.74, 6) is -0.765. The van der Waals surface area contributed by atoms with Crippen LogP contribution in [0.2, 0.25) is 0 Å². The van der Waals surface area contributed by atoms with E-state index >= 15 is 0 Å². The van der Waals surface area contributed by atoms with Gasteiger partial charge in [0, 0.05) is 13.6 Å². The molecule has 3 aromatic rings. The number of nitrogens with one attached hydrogen (secondary N) is 1. The summed E-state index contributed by atoms with van der Waals surface area (Å²) in [6, 6.07) is 23.4. The van der Waals surface area contributed by atoms with Crippen LogP contribution in [0.5, 0.6) is 0 Å². The Balaban J connectivity index is 2.03. The fraction of sp³-hybridized carbons (Fsp3) is 0.259. The third kappa shape index (κ3) is 6.08. The van der Waals surface area contributed by atoms with Crippen molar-refractivity contribution in [3.8, 4) is 0 Å². The SMILES string of the molecule is CCC(C(=O)NC)N(Cc1ccccc1C)C(=O)CN(c1ccccc1)S(=O)(=O)c1ccccc1. The van der Waals surface area contributed by atoms with Crippen molar-refractivity contribution in [1.29, 1.82) is 0 Å². The normalized spacial score (nSPS) is 12.0. The van der Waals surface area contributed by atoms with Crippen molar-refractivity contribution in [2.24, 2.45) is 0 Å². The summed E-state index contributed by atoms with van der Waals surface area (Å²) in [7, 11) is -2.51. The maximum Gasteiger partial charge on any atom is 0.264 e. The minimum Gasteiger partial charge on any atom is -0.357 e. The van der Waals surface area contributed by atoms with E-state index in [1.165, 1.54) is 24.1 Å². The van der Waals surface area contributed by atoms with Crippen LogP contribution in [0.1, 0.15) is 24.5 Å². The Morgan fingerprint density at radius 1 is 0.886 bits per heavy atom. The second kappa shape index (κ2) is 11.7. The zero-order valence-electron chi connectivity index (χ0n) is 20.2. The average molecular weight is 494 g/mol. The standard InChI is InChI=1S/C27H31N3O4S/c1-4-25(27(32)28-3)29(19-22-14-12-11-13-21(22)2)26(31)20-30(23-15-7-5-8-16-23)35(33,34)24-17-9-6-10-18-24/h5-18,25H,4,19-20H2,1-3H3,(H,28,32). The Bertz CT molecular complexity index is 1250. The van der Waals surface area contributed by atoms with Gasteiger partial charge in [-0.1, -0.05) is 67.6 Å². The summed E-state index contributed by atoms with van der Waals surface area (Å²) in [4.78, 5) is 28.0. The number of hydrogen-bond donors (Lipinski definition) is 1. The Morgan fingerprint density at radius 2 is 1.46 bits per heavy atom. The Hall–Kier alpha value is -3.65. The molecule has 2 amide bonds. The van der Waals surface area contributed by atoms with Crippen LogP contribution in [0.3, 0.4) is 0 Å². The predicted octanol–water partition coefficient (Wildman–Crippen LogP) is 3.74. The monoisotopic (exact) mass is 493 g/mol. The lowest BCUT2D eigenvalue weighted by molar-refractivity contribution is -0.140. The zero-order chi connectivity index (χ0) is 25.4. The van der Waals surface area contributed by atoms with E-state index in [0.717, 1.165) is 15.4 Å². The Morgan fingerprint density at radius 3 is 2.03 bits per heavy atom. The molecule has 1 N–H and O–H groups in total. The number of carbonyl (C=O) groups is 2. The van der Waals surface area contributed by atoms with E-state index in [0.29, 0.717) is 12.1 Å². The van der Waals surface area contributed by atoms with E-state index in [1.54, 1.807) is 48.5 Å². The highest BCUT2D eigenvalue weighted by Crippen LogP contribution is 2.24. The molecule has 0 aromatic heterocycles. The molecule has 184 valence electrons. The molecule has 0 saturated heterocycles. The number of nitrogens with zero attached hydrogens (tertiary/aromatic N) is 2. The number of rotatable bonds is 10. The number of likely N-dealkylation sites (N-methyl/N-ethyl adjacent to an activating group) is 1. The van der Waals surface area contributed by atoms with Crippen molar-refractivity contribution in [2.75, 3.05) is 17.9 Å². The zero-order valence-corrected chi connectivity index (χ0v) is 21.0. The number of amides is 2. The van der Waals surface area contributed by atoms with Gasteiger partial charge in [-0.3, -0.25) is 13.9 Å². The molecule has 0 aliphatic heterocycles. The topological polar surface area (TPSA) is 86.8 Å². The van der Waals surface area contributed by atoms with Crippen LogP contribution in [-0.2, 0) is 26.2 Å². The van der Waals surface area contributed by atoms with Gasteiger partial charge in [0.15, 0.2) is 0 Å². The smallest absolute Gasteiger partial charge is 0.264 e. The molecule has 0 radical (unpaired) electrons. The molecule has 7 nitrogen and oxygen atoms in total. The van der Waals surface area contributed by atoms with E-state index in [4.69, 9.17) is 0 Å². The van der Waals surface area contributed by atoms with Gasteiger partial charge < -0.3 is 10.2 Å². The van der Waals surface area contributed by atoms with Gasteiger partial charge >= 0.3 is 0 Å². The number of hydrogen-bond acceptors (Lipinski definition) is 4. The maximum atomic E-state index is 13.8. The van der Waals surface area contributed by atoms with Crippen LogP contribution in [0.15, 0.2) is 89.8 Å². The van der Waals surface area contributed by atoms with Gasteiger partial charge in [-0.05, 0) is 48.7 Å². The molecule has 3 rings (SSSR count). The molecule has 0 aliphatic rings. The minimum absolute atomic E-state index is 0.0837. The summed E-state index contributed by atoms with van der Waals surface area (Å²) >= 11 is 0. The first-order chi connectivity index (χ1) is 16.8. The molecule has 0 spiro atoms. The summed E-state index contributed by atoms with van der Waals surface area (Å²) < 4.78 is 28.3. The number of carbonyl (C=O) groups excluding carboxylic acids is 2. The molecule has 1 unspecified atom stereocenters. The first kappa shape index (κ1) is 26.0. The Labute approximate surface area is 207 Å². The highest BCUT2D eigenvalue weighted by atomic mass is 32.2. The average Bonchev–Trinajstić information content (AvgIpc) is 2.88. The van der Waals surface area contributed by atoms with Crippen molar-refractivity contribution >= 4 is 27.5 Å². The third-order valence-electron chi connectivity index (χ3n) is 5.89. The van der Waals surface area contributed by atoms with E-state index in [2.05, 4.69) is 5.32 Å². The van der Waals surface area contributed by atoms with Gasteiger partial charge in [-0.2, -0.15) is 0 Å². The lowest BCUT2D eigenvalue weighted by Gasteiger charge is -2.33. The molecule has 1 atom stereocenters. The van der Waals surface area contributed by atoms with Crippen LogP contribution in [0.25, 0.3) is 0 Å². The third-order valence-corrected chi connectivity index (χ3v) is 7.68. The highest BCUT2D eigenvalue weighted by Gasteiger charge is 2.33.